The number of hydrogen-bond donors (Lipinski definition) is 1. The Morgan fingerprint density at radius 2 is 1.91 bits per heavy atom. The van der Waals surface area contributed by atoms with Gasteiger partial charge in [0.05, 0.1) is 11.3 Å². The van der Waals surface area contributed by atoms with E-state index in [2.05, 4.69) is 25.5 Å². The first kappa shape index (κ1) is 19.7. The minimum absolute atomic E-state index is 0.0745. The second-order valence-corrected chi connectivity index (χ2v) is 8.59. The summed E-state index contributed by atoms with van der Waals surface area (Å²) in [7, 11) is 0. The number of carbonyl (C=O) groups is 1. The zero-order chi connectivity index (χ0) is 22.4. The maximum atomic E-state index is 15.3. The SMILES string of the molecule is O=C(Nc1cccc(-c2nncn2C2CC2)c1F)c1cc(-c2ccc(C3CC3)nc2)ccn1. The van der Waals surface area contributed by atoms with Gasteiger partial charge in [0, 0.05) is 35.6 Å². The summed E-state index contributed by atoms with van der Waals surface area (Å²) in [4.78, 5) is 21.6. The van der Waals surface area contributed by atoms with Gasteiger partial charge in [-0.15, -0.1) is 10.2 Å². The van der Waals surface area contributed by atoms with Gasteiger partial charge in [0.25, 0.3) is 5.91 Å². The van der Waals surface area contributed by atoms with Crippen molar-refractivity contribution < 1.29 is 9.18 Å². The Morgan fingerprint density at radius 3 is 2.67 bits per heavy atom. The van der Waals surface area contributed by atoms with Gasteiger partial charge >= 0.3 is 0 Å². The van der Waals surface area contributed by atoms with Crippen LogP contribution in [0.2, 0.25) is 0 Å². The van der Waals surface area contributed by atoms with E-state index in [-0.39, 0.29) is 11.4 Å². The van der Waals surface area contributed by atoms with E-state index in [1.54, 1.807) is 30.7 Å². The molecule has 0 saturated heterocycles. The van der Waals surface area contributed by atoms with Crippen molar-refractivity contribution in [3.63, 3.8) is 0 Å². The molecule has 0 unspecified atom stereocenters. The maximum absolute atomic E-state index is 15.3. The van der Waals surface area contributed by atoms with Gasteiger partial charge in [-0.1, -0.05) is 12.1 Å². The highest BCUT2D eigenvalue weighted by Crippen LogP contribution is 2.39. The van der Waals surface area contributed by atoms with Gasteiger partial charge in [0.2, 0.25) is 0 Å². The minimum atomic E-state index is -0.545. The molecule has 3 heterocycles. The normalized spacial score (nSPS) is 15.4. The quantitative estimate of drug-likeness (QED) is 0.456. The topological polar surface area (TPSA) is 85.6 Å². The first-order valence-corrected chi connectivity index (χ1v) is 11.1. The molecule has 1 aromatic carbocycles. The van der Waals surface area contributed by atoms with E-state index < -0.39 is 11.7 Å². The van der Waals surface area contributed by atoms with Gasteiger partial charge in [0.15, 0.2) is 11.6 Å². The molecule has 33 heavy (non-hydrogen) atoms. The van der Waals surface area contributed by atoms with Crippen molar-refractivity contribution in [1.29, 1.82) is 0 Å². The molecule has 0 aliphatic heterocycles. The summed E-state index contributed by atoms with van der Waals surface area (Å²) in [5, 5.41) is 10.7. The molecular formula is C25H21FN6O. The largest absolute Gasteiger partial charge is 0.318 e. The number of nitrogens with zero attached hydrogens (tertiary/aromatic N) is 5. The first-order chi connectivity index (χ1) is 16.2. The molecule has 0 bridgehead atoms. The Hall–Kier alpha value is -3.94. The third-order valence-electron chi connectivity index (χ3n) is 6.11. The molecule has 1 amide bonds. The Morgan fingerprint density at radius 1 is 1.03 bits per heavy atom. The van der Waals surface area contributed by atoms with E-state index in [0.717, 1.165) is 29.7 Å². The fourth-order valence-electron chi connectivity index (χ4n) is 3.97. The Bertz CT molecular complexity index is 1340. The van der Waals surface area contributed by atoms with Gasteiger partial charge < -0.3 is 9.88 Å². The third-order valence-corrected chi connectivity index (χ3v) is 6.11. The standard InChI is InChI=1S/C25H21FN6O/c26-23-19(24-31-29-14-32(24)18-7-8-18)2-1-3-21(23)30-25(33)22-12-16(10-11-27-22)17-6-9-20(28-13-17)15-4-5-15/h1-3,6,9-15,18H,4-5,7-8H2,(H,30,33). The molecule has 0 atom stereocenters. The summed E-state index contributed by atoms with van der Waals surface area (Å²) >= 11 is 0. The molecule has 3 aromatic heterocycles. The number of hydrogen-bond acceptors (Lipinski definition) is 5. The lowest BCUT2D eigenvalue weighted by molar-refractivity contribution is 0.102. The number of halogens is 1. The van der Waals surface area contributed by atoms with Crippen LogP contribution in [0.1, 0.15) is 53.8 Å². The van der Waals surface area contributed by atoms with E-state index in [1.165, 1.54) is 18.9 Å². The summed E-state index contributed by atoms with van der Waals surface area (Å²) in [5.41, 5.74) is 3.43. The third kappa shape index (κ3) is 3.88. The molecule has 164 valence electrons. The Labute approximate surface area is 189 Å². The van der Waals surface area contributed by atoms with Crippen LogP contribution in [-0.2, 0) is 0 Å². The molecule has 0 spiro atoms. The van der Waals surface area contributed by atoms with Gasteiger partial charge in [-0.25, -0.2) is 4.39 Å². The Balaban J connectivity index is 1.24. The predicted octanol–water partition coefficient (Wildman–Crippen LogP) is 5.01. The van der Waals surface area contributed by atoms with Crippen molar-refractivity contribution in [2.45, 2.75) is 37.6 Å². The highest BCUT2D eigenvalue weighted by molar-refractivity contribution is 6.03. The molecule has 2 saturated carbocycles. The van der Waals surface area contributed by atoms with Crippen LogP contribution in [0.25, 0.3) is 22.5 Å². The van der Waals surface area contributed by atoms with Crippen molar-refractivity contribution in [1.82, 2.24) is 24.7 Å². The second-order valence-electron chi connectivity index (χ2n) is 8.59. The summed E-state index contributed by atoms with van der Waals surface area (Å²) in [6.07, 6.45) is 9.48. The zero-order valence-electron chi connectivity index (χ0n) is 17.8. The second kappa shape index (κ2) is 7.88. The molecule has 0 radical (unpaired) electrons. The highest BCUT2D eigenvalue weighted by Gasteiger charge is 2.28. The van der Waals surface area contributed by atoms with Gasteiger partial charge in [-0.2, -0.15) is 0 Å². The number of pyridine rings is 2. The molecule has 7 nitrogen and oxygen atoms in total. The van der Waals surface area contributed by atoms with Crippen molar-refractivity contribution in [3.8, 4) is 22.5 Å². The lowest BCUT2D eigenvalue weighted by atomic mass is 10.1. The van der Waals surface area contributed by atoms with Crippen LogP contribution in [0.4, 0.5) is 10.1 Å². The van der Waals surface area contributed by atoms with E-state index in [0.29, 0.717) is 23.3 Å². The van der Waals surface area contributed by atoms with E-state index in [4.69, 9.17) is 0 Å². The molecule has 2 fully saturated rings. The van der Waals surface area contributed by atoms with Gasteiger partial charge in [-0.3, -0.25) is 14.8 Å². The number of carbonyl (C=O) groups excluding carboxylic acids is 1. The van der Waals surface area contributed by atoms with Gasteiger partial charge in [0.1, 0.15) is 12.0 Å². The van der Waals surface area contributed by atoms with Crippen LogP contribution in [0, 0.1) is 5.82 Å². The molecule has 2 aliphatic carbocycles. The predicted molar refractivity (Wildman–Crippen MR) is 121 cm³/mol. The lowest BCUT2D eigenvalue weighted by Gasteiger charge is -2.11. The highest BCUT2D eigenvalue weighted by atomic mass is 19.1. The van der Waals surface area contributed by atoms with Crippen molar-refractivity contribution in [2.75, 3.05) is 5.32 Å². The molecular weight excluding hydrogens is 419 g/mol. The number of rotatable bonds is 6. The lowest BCUT2D eigenvalue weighted by Crippen LogP contribution is -2.15. The average molecular weight is 440 g/mol. The van der Waals surface area contributed by atoms with Crippen molar-refractivity contribution in [2.24, 2.45) is 0 Å². The van der Waals surface area contributed by atoms with E-state index in [9.17, 15) is 4.79 Å². The number of nitrogens with one attached hydrogen (secondary N) is 1. The van der Waals surface area contributed by atoms with Crippen molar-refractivity contribution >= 4 is 11.6 Å². The molecule has 4 aromatic rings. The molecule has 1 N–H and O–H groups in total. The van der Waals surface area contributed by atoms with Crippen LogP contribution < -0.4 is 5.32 Å². The van der Waals surface area contributed by atoms with Crippen LogP contribution in [0.5, 0.6) is 0 Å². The maximum Gasteiger partial charge on any atom is 0.274 e. The van der Waals surface area contributed by atoms with Crippen LogP contribution in [0.3, 0.4) is 0 Å². The fourth-order valence-corrected chi connectivity index (χ4v) is 3.97. The van der Waals surface area contributed by atoms with Crippen LogP contribution in [-0.4, -0.2) is 30.6 Å². The van der Waals surface area contributed by atoms with E-state index in [1.807, 2.05) is 29.0 Å². The summed E-state index contributed by atoms with van der Waals surface area (Å²) in [6.45, 7) is 0. The number of benzene rings is 1. The number of anilines is 1. The van der Waals surface area contributed by atoms with Crippen LogP contribution in [0.15, 0.2) is 61.2 Å². The number of amides is 1. The Kier molecular flexibility index (Phi) is 4.71. The zero-order valence-corrected chi connectivity index (χ0v) is 17.8. The van der Waals surface area contributed by atoms with Crippen molar-refractivity contribution in [3.05, 3.63) is 78.4 Å². The smallest absolute Gasteiger partial charge is 0.274 e. The monoisotopic (exact) mass is 440 g/mol. The minimum Gasteiger partial charge on any atom is -0.318 e. The average Bonchev–Trinajstić information content (AvgIpc) is 3.79. The van der Waals surface area contributed by atoms with Gasteiger partial charge in [-0.05, 0) is 61.6 Å². The molecule has 2 aliphatic rings. The van der Waals surface area contributed by atoms with E-state index >= 15 is 4.39 Å². The first-order valence-electron chi connectivity index (χ1n) is 11.1. The summed E-state index contributed by atoms with van der Waals surface area (Å²) < 4.78 is 17.2. The summed E-state index contributed by atoms with van der Waals surface area (Å²) in [5.74, 6) is 0.0193. The molecule has 8 heteroatoms. The number of aromatic nitrogens is 5. The van der Waals surface area contributed by atoms with Crippen LogP contribution >= 0.6 is 0 Å². The fraction of sp³-hybridized carbons (Fsp3) is 0.240. The molecule has 6 rings (SSSR count). The summed E-state index contributed by atoms with van der Waals surface area (Å²) in [6, 6.07) is 12.7.